The minimum absolute atomic E-state index is 0.302. The molecule has 2 aromatic rings. The molecule has 0 spiro atoms. The SMILES string of the molecule is CCN(C)C=Nc1cc(C)c(Oc2cccc(SC(F)C(F)C(F)F)c2)cc1C. The highest BCUT2D eigenvalue weighted by molar-refractivity contribution is 7.99. The molecule has 0 amide bonds. The van der Waals surface area contributed by atoms with E-state index in [1.54, 1.807) is 18.5 Å². The van der Waals surface area contributed by atoms with Crippen molar-refractivity contribution >= 4 is 23.8 Å². The average Bonchev–Trinajstić information content (AvgIpc) is 2.68. The molecule has 2 unspecified atom stereocenters. The Kier molecular flexibility index (Phi) is 8.37. The maximum absolute atomic E-state index is 13.7. The number of hydrogen-bond donors (Lipinski definition) is 0. The Bertz CT molecular complexity index is 847. The van der Waals surface area contributed by atoms with Crippen molar-refractivity contribution in [3.8, 4) is 11.5 Å². The minimum Gasteiger partial charge on any atom is -0.457 e. The normalized spacial score (nSPS) is 13.7. The Balaban J connectivity index is 2.16. The molecule has 2 atom stereocenters. The van der Waals surface area contributed by atoms with Crippen molar-refractivity contribution in [2.45, 2.75) is 43.8 Å². The van der Waals surface area contributed by atoms with E-state index >= 15 is 0 Å². The standard InChI is InChI=1S/C21H24F4N2OS/c1-5-27(4)12-26-17-9-14(3)18(10-13(17)2)28-15-7-6-8-16(11-15)29-21(25)19(22)20(23)24/h6-12,19-21H,5H2,1-4H3. The molecule has 0 heterocycles. The summed E-state index contributed by atoms with van der Waals surface area (Å²) in [6.45, 7) is 6.66. The molecule has 0 aliphatic heterocycles. The maximum atomic E-state index is 13.7. The molecule has 0 saturated carbocycles. The number of ether oxygens (including phenoxy) is 1. The van der Waals surface area contributed by atoms with Gasteiger partial charge in [0.1, 0.15) is 11.5 Å². The summed E-state index contributed by atoms with van der Waals surface area (Å²) in [7, 11) is 1.93. The molecule has 0 N–H and O–H groups in total. The molecule has 29 heavy (non-hydrogen) atoms. The van der Waals surface area contributed by atoms with Gasteiger partial charge in [0.25, 0.3) is 6.43 Å². The van der Waals surface area contributed by atoms with Gasteiger partial charge in [-0.05, 0) is 62.2 Å². The molecule has 0 fully saturated rings. The van der Waals surface area contributed by atoms with Gasteiger partial charge in [0.15, 0.2) is 5.50 Å². The lowest BCUT2D eigenvalue weighted by molar-refractivity contribution is 0.0276. The number of aryl methyl sites for hydroxylation is 2. The van der Waals surface area contributed by atoms with Crippen molar-refractivity contribution in [2.75, 3.05) is 13.6 Å². The number of aliphatic imine (C=N–C) groups is 1. The van der Waals surface area contributed by atoms with Crippen LogP contribution in [0.5, 0.6) is 11.5 Å². The molecule has 2 rings (SSSR count). The van der Waals surface area contributed by atoms with Gasteiger partial charge < -0.3 is 9.64 Å². The summed E-state index contributed by atoms with van der Waals surface area (Å²) >= 11 is 0.400. The Morgan fingerprint density at radius 3 is 2.48 bits per heavy atom. The molecule has 158 valence electrons. The molecule has 0 saturated heterocycles. The molecule has 0 aliphatic rings. The van der Waals surface area contributed by atoms with E-state index in [9.17, 15) is 17.6 Å². The molecule has 8 heteroatoms. The first kappa shape index (κ1) is 23.1. The van der Waals surface area contributed by atoms with Crippen molar-refractivity contribution in [1.29, 1.82) is 0 Å². The van der Waals surface area contributed by atoms with Gasteiger partial charge in [0, 0.05) is 18.5 Å². The van der Waals surface area contributed by atoms with E-state index in [0.29, 0.717) is 28.2 Å². The van der Waals surface area contributed by atoms with Crippen molar-refractivity contribution in [1.82, 2.24) is 4.90 Å². The zero-order valence-electron chi connectivity index (χ0n) is 16.7. The monoisotopic (exact) mass is 428 g/mol. The molecule has 0 radical (unpaired) electrons. The Labute approximate surface area is 172 Å². The van der Waals surface area contributed by atoms with Gasteiger partial charge in [0.2, 0.25) is 6.17 Å². The first-order valence-electron chi connectivity index (χ1n) is 9.07. The quantitative estimate of drug-likeness (QED) is 0.192. The fraction of sp³-hybridized carbons (Fsp3) is 0.381. The lowest BCUT2D eigenvalue weighted by atomic mass is 10.1. The minimum atomic E-state index is -3.36. The fourth-order valence-electron chi connectivity index (χ4n) is 2.31. The predicted molar refractivity (Wildman–Crippen MR) is 111 cm³/mol. The van der Waals surface area contributed by atoms with Crippen LogP contribution in [-0.4, -0.2) is 42.9 Å². The van der Waals surface area contributed by atoms with Crippen molar-refractivity contribution in [2.24, 2.45) is 4.99 Å². The van der Waals surface area contributed by atoms with Gasteiger partial charge >= 0.3 is 0 Å². The molecule has 0 aliphatic carbocycles. The largest absolute Gasteiger partial charge is 0.457 e. The van der Waals surface area contributed by atoms with Gasteiger partial charge in [-0.1, -0.05) is 17.8 Å². The first-order chi connectivity index (χ1) is 13.7. The van der Waals surface area contributed by atoms with Crippen LogP contribution in [0.15, 0.2) is 46.3 Å². The zero-order valence-corrected chi connectivity index (χ0v) is 17.5. The van der Waals surface area contributed by atoms with Gasteiger partial charge in [-0.25, -0.2) is 22.6 Å². The number of halogens is 4. The Morgan fingerprint density at radius 1 is 1.10 bits per heavy atom. The highest BCUT2D eigenvalue weighted by atomic mass is 32.2. The summed E-state index contributed by atoms with van der Waals surface area (Å²) in [6.07, 6.45) is -4.44. The highest BCUT2D eigenvalue weighted by Gasteiger charge is 2.30. The number of rotatable bonds is 9. The van der Waals surface area contributed by atoms with Crippen LogP contribution in [0.1, 0.15) is 18.1 Å². The molecule has 0 bridgehead atoms. The van der Waals surface area contributed by atoms with Gasteiger partial charge in [-0.15, -0.1) is 0 Å². The number of alkyl halides is 4. The van der Waals surface area contributed by atoms with Crippen LogP contribution >= 0.6 is 11.8 Å². The molecular formula is C21H24F4N2OS. The van der Waals surface area contributed by atoms with E-state index in [4.69, 9.17) is 4.74 Å². The van der Waals surface area contributed by atoms with E-state index in [-0.39, 0.29) is 0 Å². The average molecular weight is 428 g/mol. The number of nitrogens with zero attached hydrogens (tertiary/aromatic N) is 2. The number of benzene rings is 2. The molecular weight excluding hydrogens is 404 g/mol. The van der Waals surface area contributed by atoms with Crippen molar-refractivity contribution < 1.29 is 22.3 Å². The lowest BCUT2D eigenvalue weighted by Gasteiger charge is -2.14. The summed E-state index contributed by atoms with van der Waals surface area (Å²) in [4.78, 5) is 6.72. The maximum Gasteiger partial charge on any atom is 0.273 e. The first-order valence-corrected chi connectivity index (χ1v) is 9.95. The second-order valence-electron chi connectivity index (χ2n) is 6.55. The van der Waals surface area contributed by atoms with Crippen LogP contribution in [0.4, 0.5) is 23.2 Å². The van der Waals surface area contributed by atoms with Crippen LogP contribution in [0.3, 0.4) is 0 Å². The van der Waals surface area contributed by atoms with Gasteiger partial charge in [-0.3, -0.25) is 0 Å². The van der Waals surface area contributed by atoms with E-state index in [0.717, 1.165) is 23.4 Å². The van der Waals surface area contributed by atoms with Crippen LogP contribution in [-0.2, 0) is 0 Å². The smallest absolute Gasteiger partial charge is 0.273 e. The Hall–Kier alpha value is -2.22. The summed E-state index contributed by atoms with van der Waals surface area (Å²) < 4.78 is 57.3. The fourth-order valence-corrected chi connectivity index (χ4v) is 3.16. The van der Waals surface area contributed by atoms with E-state index in [2.05, 4.69) is 4.99 Å². The highest BCUT2D eigenvalue weighted by Crippen LogP contribution is 2.35. The summed E-state index contributed by atoms with van der Waals surface area (Å²) in [5.41, 5.74) is 0.232. The van der Waals surface area contributed by atoms with E-state index < -0.39 is 18.1 Å². The topological polar surface area (TPSA) is 24.8 Å². The molecule has 0 aromatic heterocycles. The summed E-state index contributed by atoms with van der Waals surface area (Å²) in [5, 5.41) is 0. The predicted octanol–water partition coefficient (Wildman–Crippen LogP) is 6.70. The van der Waals surface area contributed by atoms with Crippen LogP contribution < -0.4 is 4.74 Å². The second kappa shape index (κ2) is 10.5. The number of thioether (sulfide) groups is 1. The van der Waals surface area contributed by atoms with Crippen molar-refractivity contribution in [3.05, 3.63) is 47.5 Å². The molecule has 3 nitrogen and oxygen atoms in total. The van der Waals surface area contributed by atoms with Crippen LogP contribution in [0.2, 0.25) is 0 Å². The van der Waals surface area contributed by atoms with Crippen LogP contribution in [0.25, 0.3) is 0 Å². The third-order valence-corrected chi connectivity index (χ3v) is 5.17. The zero-order chi connectivity index (χ0) is 21.6. The van der Waals surface area contributed by atoms with Crippen molar-refractivity contribution in [3.63, 3.8) is 0 Å². The Morgan fingerprint density at radius 2 is 1.83 bits per heavy atom. The third-order valence-electron chi connectivity index (χ3n) is 4.16. The van der Waals surface area contributed by atoms with E-state index in [1.165, 1.54) is 12.1 Å². The van der Waals surface area contributed by atoms with E-state index in [1.807, 2.05) is 44.9 Å². The number of hydrogen-bond acceptors (Lipinski definition) is 3. The van der Waals surface area contributed by atoms with Gasteiger partial charge in [0.05, 0.1) is 12.0 Å². The summed E-state index contributed by atoms with van der Waals surface area (Å²) in [5.74, 6) is 0.999. The second-order valence-corrected chi connectivity index (χ2v) is 7.70. The summed E-state index contributed by atoms with van der Waals surface area (Å²) in [6, 6.07) is 10.0. The molecule has 2 aromatic carbocycles. The van der Waals surface area contributed by atoms with Crippen LogP contribution in [0, 0.1) is 13.8 Å². The van der Waals surface area contributed by atoms with Gasteiger partial charge in [-0.2, -0.15) is 0 Å². The third kappa shape index (κ3) is 6.66. The lowest BCUT2D eigenvalue weighted by Crippen LogP contribution is -2.22.